The molecule has 2 amide bonds. The number of amides is 2. The summed E-state index contributed by atoms with van der Waals surface area (Å²) in [6.07, 6.45) is 1.89. The van der Waals surface area contributed by atoms with Gasteiger partial charge < -0.3 is 14.5 Å². The molecule has 0 saturated carbocycles. The van der Waals surface area contributed by atoms with E-state index in [4.69, 9.17) is 4.74 Å². The highest BCUT2D eigenvalue weighted by atomic mass is 32.2. The van der Waals surface area contributed by atoms with Crippen molar-refractivity contribution in [2.24, 2.45) is 0 Å². The number of hydrogen-bond acceptors (Lipinski definition) is 8. The lowest BCUT2D eigenvalue weighted by Crippen LogP contribution is -2.64. The molecule has 0 spiro atoms. The Morgan fingerprint density at radius 1 is 1.05 bits per heavy atom. The predicted octanol–water partition coefficient (Wildman–Crippen LogP) is 2.56. The molecule has 2 N–H and O–H groups in total. The zero-order chi connectivity index (χ0) is 26.5. The molecule has 2 aliphatic rings. The van der Waals surface area contributed by atoms with E-state index in [-0.39, 0.29) is 44.9 Å². The second-order valence-electron chi connectivity index (χ2n) is 9.29. The third kappa shape index (κ3) is 5.62. The van der Waals surface area contributed by atoms with E-state index >= 15 is 0 Å². The number of thiophene rings is 1. The quantitative estimate of drug-likeness (QED) is 0.280. The number of likely N-dealkylation sites (tertiary alicyclic amines) is 1. The van der Waals surface area contributed by atoms with Crippen molar-refractivity contribution in [1.29, 1.82) is 0 Å². The van der Waals surface area contributed by atoms with Gasteiger partial charge in [-0.1, -0.05) is 19.4 Å². The highest BCUT2D eigenvalue weighted by Crippen LogP contribution is 2.35. The number of ether oxygens (including phenoxy) is 1. The summed E-state index contributed by atoms with van der Waals surface area (Å²) < 4.78 is 32.8. The van der Waals surface area contributed by atoms with E-state index in [9.17, 15) is 23.2 Å². The van der Waals surface area contributed by atoms with E-state index < -0.39 is 20.7 Å². The molecule has 1 aromatic heterocycles. The van der Waals surface area contributed by atoms with Crippen LogP contribution in [-0.4, -0.2) is 85.3 Å². The number of piperidine rings is 1. The van der Waals surface area contributed by atoms with E-state index in [0.29, 0.717) is 24.6 Å². The number of sulfonamides is 1. The van der Waals surface area contributed by atoms with Gasteiger partial charge in [0.1, 0.15) is 5.75 Å². The van der Waals surface area contributed by atoms with Crippen molar-refractivity contribution in [1.82, 2.24) is 14.7 Å². The van der Waals surface area contributed by atoms with Crippen LogP contribution in [0.3, 0.4) is 0 Å². The molecule has 0 aliphatic carbocycles. The molecule has 10 nitrogen and oxygen atoms in total. The van der Waals surface area contributed by atoms with Gasteiger partial charge in [0, 0.05) is 45.0 Å². The number of carbonyl (C=O) groups is 2. The van der Waals surface area contributed by atoms with Crippen LogP contribution < -0.4 is 15.1 Å². The smallest absolute Gasteiger partial charge is 0.266 e. The molecule has 37 heavy (non-hydrogen) atoms. The molecule has 2 saturated heterocycles. The highest BCUT2D eigenvalue weighted by Gasteiger charge is 2.55. The van der Waals surface area contributed by atoms with Gasteiger partial charge in [0.15, 0.2) is 4.75 Å². The van der Waals surface area contributed by atoms with Gasteiger partial charge in [0.25, 0.3) is 11.8 Å². The molecule has 2 fully saturated rings. The average molecular weight is 551 g/mol. The number of nitrogens with one attached hydrogen (secondary N) is 1. The first-order valence-corrected chi connectivity index (χ1v) is 14.9. The summed E-state index contributed by atoms with van der Waals surface area (Å²) in [6, 6.07) is 11.3. The van der Waals surface area contributed by atoms with Crippen LogP contribution in [-0.2, 0) is 14.8 Å². The molecule has 2 aliphatic heterocycles. The predicted molar refractivity (Wildman–Crippen MR) is 142 cm³/mol. The Morgan fingerprint density at radius 2 is 1.73 bits per heavy atom. The maximum absolute atomic E-state index is 13.8. The lowest BCUT2D eigenvalue weighted by atomic mass is 9.94. The summed E-state index contributed by atoms with van der Waals surface area (Å²) in [7, 11) is -4.11. The van der Waals surface area contributed by atoms with E-state index in [0.717, 1.165) is 24.3 Å². The molecule has 2 aromatic rings. The van der Waals surface area contributed by atoms with Gasteiger partial charge in [-0.15, -0.1) is 11.3 Å². The number of unbranched alkanes of at least 4 members (excludes halogenated alkanes) is 1. The van der Waals surface area contributed by atoms with Gasteiger partial charge in [0.2, 0.25) is 10.0 Å². The molecular weight excluding hydrogens is 516 g/mol. The summed E-state index contributed by atoms with van der Waals surface area (Å²) >= 11 is 1.32. The van der Waals surface area contributed by atoms with Gasteiger partial charge in [-0.3, -0.25) is 14.8 Å². The monoisotopic (exact) mass is 550 g/mol. The van der Waals surface area contributed by atoms with Crippen molar-refractivity contribution < 1.29 is 28.0 Å². The summed E-state index contributed by atoms with van der Waals surface area (Å²) in [5.41, 5.74) is 2.56. The molecule has 0 bridgehead atoms. The average Bonchev–Trinajstić information content (AvgIpc) is 3.48. The van der Waals surface area contributed by atoms with Crippen LogP contribution >= 0.6 is 11.3 Å². The Bertz CT molecular complexity index is 1150. The Kier molecular flexibility index (Phi) is 8.73. The fourth-order valence-electron chi connectivity index (χ4n) is 4.85. The number of hydrogen-bond donors (Lipinski definition) is 2. The van der Waals surface area contributed by atoms with Crippen LogP contribution in [0.2, 0.25) is 0 Å². The van der Waals surface area contributed by atoms with E-state index in [2.05, 4.69) is 11.8 Å². The molecule has 1 aromatic carbocycles. The van der Waals surface area contributed by atoms with Crippen molar-refractivity contribution in [3.63, 3.8) is 0 Å². The van der Waals surface area contributed by atoms with Crippen LogP contribution in [0.1, 0.15) is 42.3 Å². The highest BCUT2D eigenvalue weighted by molar-refractivity contribution is 7.91. The molecular formula is C25H34N4O6S2. The number of rotatable bonds is 9. The first-order chi connectivity index (χ1) is 17.8. The topological polar surface area (TPSA) is 119 Å². The number of carbonyl (C=O) groups excluding carboxylic acids is 2. The maximum Gasteiger partial charge on any atom is 0.266 e. The second kappa shape index (κ2) is 11.8. The van der Waals surface area contributed by atoms with Crippen molar-refractivity contribution in [2.45, 2.75) is 37.4 Å². The summed E-state index contributed by atoms with van der Waals surface area (Å²) in [6.45, 7) is 4.37. The first-order valence-electron chi connectivity index (χ1n) is 12.6. The lowest BCUT2D eigenvalue weighted by Gasteiger charge is -2.44. The second-order valence-corrected chi connectivity index (χ2v) is 12.5. The van der Waals surface area contributed by atoms with E-state index in [1.807, 2.05) is 24.3 Å². The SMILES string of the molecule is CCCCOc1ccc(N2CCN(S(=O)(=O)C3(C(=O)NO)CCN(C(=O)c4cccs4)CC3)CC2)cc1. The number of piperazine rings is 1. The molecule has 0 radical (unpaired) electrons. The van der Waals surface area contributed by atoms with Crippen molar-refractivity contribution in [2.75, 3.05) is 50.8 Å². The third-order valence-electron chi connectivity index (χ3n) is 7.15. The standard InChI is InChI=1S/C25H34N4O6S2/c1-2-3-18-35-21-8-6-20(7-9-21)27-14-16-29(17-15-27)37(33,34)25(24(31)26-32)10-12-28(13-11-25)23(30)22-5-4-19-36-22/h4-9,19,32H,2-3,10-18H2,1H3,(H,26,31). The first kappa shape index (κ1) is 27.4. The Hall–Kier alpha value is -2.67. The lowest BCUT2D eigenvalue weighted by molar-refractivity contribution is -0.133. The molecule has 0 atom stereocenters. The van der Waals surface area contributed by atoms with E-state index in [1.165, 1.54) is 15.6 Å². The van der Waals surface area contributed by atoms with Gasteiger partial charge in [-0.05, 0) is 55.0 Å². The fourth-order valence-corrected chi connectivity index (χ4v) is 7.66. The van der Waals surface area contributed by atoms with Gasteiger partial charge in [-0.2, -0.15) is 4.31 Å². The minimum Gasteiger partial charge on any atom is -0.494 e. The summed E-state index contributed by atoms with van der Waals surface area (Å²) in [5, 5.41) is 11.2. The van der Waals surface area contributed by atoms with Crippen LogP contribution in [0.25, 0.3) is 0 Å². The van der Waals surface area contributed by atoms with Crippen molar-refractivity contribution in [3.05, 3.63) is 46.7 Å². The van der Waals surface area contributed by atoms with Gasteiger partial charge >= 0.3 is 0 Å². The minimum absolute atomic E-state index is 0.0848. The van der Waals surface area contributed by atoms with Gasteiger partial charge in [0.05, 0.1) is 11.5 Å². The number of nitrogens with zero attached hydrogens (tertiary/aromatic N) is 3. The van der Waals surface area contributed by atoms with Crippen molar-refractivity contribution in [3.8, 4) is 5.75 Å². The van der Waals surface area contributed by atoms with E-state index in [1.54, 1.807) is 27.9 Å². The van der Waals surface area contributed by atoms with Crippen molar-refractivity contribution >= 4 is 38.9 Å². The number of hydroxylamine groups is 1. The summed E-state index contributed by atoms with van der Waals surface area (Å²) in [5.74, 6) is -0.322. The third-order valence-corrected chi connectivity index (χ3v) is 10.6. The Balaban J connectivity index is 1.41. The summed E-state index contributed by atoms with van der Waals surface area (Å²) in [4.78, 5) is 29.8. The molecule has 3 heterocycles. The Morgan fingerprint density at radius 3 is 2.30 bits per heavy atom. The van der Waals surface area contributed by atoms with Crippen LogP contribution in [0.5, 0.6) is 5.75 Å². The number of anilines is 1. The minimum atomic E-state index is -4.11. The largest absolute Gasteiger partial charge is 0.494 e. The Labute approximate surface area is 221 Å². The molecule has 4 rings (SSSR count). The van der Waals surface area contributed by atoms with Crippen LogP contribution in [0, 0.1) is 0 Å². The maximum atomic E-state index is 13.8. The zero-order valence-corrected chi connectivity index (χ0v) is 22.6. The van der Waals surface area contributed by atoms with Crippen LogP contribution in [0.15, 0.2) is 41.8 Å². The normalized spacial score (nSPS) is 18.4. The zero-order valence-electron chi connectivity index (χ0n) is 21.0. The van der Waals surface area contributed by atoms with Gasteiger partial charge in [-0.25, -0.2) is 13.9 Å². The molecule has 202 valence electrons. The molecule has 0 unspecified atom stereocenters. The van der Waals surface area contributed by atoms with Crippen LogP contribution in [0.4, 0.5) is 5.69 Å². The number of benzene rings is 1. The fraction of sp³-hybridized carbons (Fsp3) is 0.520. The molecule has 12 heteroatoms.